The quantitative estimate of drug-likeness (QED) is 0.606. The summed E-state index contributed by atoms with van der Waals surface area (Å²) < 4.78 is 24.6. The minimum absolute atomic E-state index is 0.0784. The molecule has 0 bridgehead atoms. The Morgan fingerprint density at radius 2 is 1.96 bits per heavy atom. The van der Waals surface area contributed by atoms with E-state index in [1.54, 1.807) is 49.4 Å². The molecule has 0 saturated heterocycles. The number of rotatable bonds is 7. The molecule has 1 N–H and O–H groups in total. The highest BCUT2D eigenvalue weighted by Crippen LogP contribution is 2.28. The average Bonchev–Trinajstić information content (AvgIpc) is 3.12. The first-order chi connectivity index (χ1) is 13.1. The summed E-state index contributed by atoms with van der Waals surface area (Å²) in [5.41, 5.74) is 0.886. The van der Waals surface area contributed by atoms with Gasteiger partial charge in [0, 0.05) is 5.69 Å². The maximum Gasteiger partial charge on any atom is 0.277 e. The van der Waals surface area contributed by atoms with Crippen LogP contribution in [0.5, 0.6) is 5.75 Å². The molecule has 140 valence electrons. The number of nitrogens with one attached hydrogen (secondary N) is 1. The van der Waals surface area contributed by atoms with Gasteiger partial charge in [-0.2, -0.15) is 0 Å². The number of anilines is 1. The molecule has 6 nitrogen and oxygen atoms in total. The fourth-order valence-corrected chi connectivity index (χ4v) is 2.93. The van der Waals surface area contributed by atoms with Crippen LogP contribution in [0.4, 0.5) is 10.1 Å². The molecule has 0 radical (unpaired) electrons. The van der Waals surface area contributed by atoms with Gasteiger partial charge in [0.25, 0.3) is 11.1 Å². The van der Waals surface area contributed by atoms with Crippen molar-refractivity contribution >= 4 is 23.4 Å². The Morgan fingerprint density at radius 1 is 1.22 bits per heavy atom. The van der Waals surface area contributed by atoms with E-state index in [1.807, 2.05) is 6.92 Å². The highest BCUT2D eigenvalue weighted by atomic mass is 32.2. The molecule has 2 aromatic carbocycles. The number of benzene rings is 2. The minimum Gasteiger partial charge on any atom is -0.494 e. The molecule has 0 aliphatic heterocycles. The van der Waals surface area contributed by atoms with Gasteiger partial charge in [0.2, 0.25) is 5.91 Å². The van der Waals surface area contributed by atoms with E-state index in [2.05, 4.69) is 15.5 Å². The first kappa shape index (κ1) is 18.9. The third kappa shape index (κ3) is 4.85. The summed E-state index contributed by atoms with van der Waals surface area (Å²) in [6.45, 7) is 4.21. The van der Waals surface area contributed by atoms with Crippen LogP contribution in [0.1, 0.15) is 13.8 Å². The molecular weight excluding hydrogens is 369 g/mol. The first-order valence-corrected chi connectivity index (χ1v) is 9.23. The number of hydrogen-bond acceptors (Lipinski definition) is 6. The standard InChI is InChI=1S/C19H18FN3O3S/c1-3-25-14-10-8-13(9-11-14)21-17(24)12(2)27-19-23-22-18(26-19)15-6-4-5-7-16(15)20/h4-12H,3H2,1-2H3,(H,21,24)/t12-/m1/s1. The van der Waals surface area contributed by atoms with Crippen molar-refractivity contribution in [3.8, 4) is 17.2 Å². The summed E-state index contributed by atoms with van der Waals surface area (Å²) >= 11 is 1.10. The molecular formula is C19H18FN3O3S. The molecule has 1 atom stereocenters. The zero-order chi connectivity index (χ0) is 19.2. The number of carbonyl (C=O) groups is 1. The number of nitrogens with zero attached hydrogens (tertiary/aromatic N) is 2. The smallest absolute Gasteiger partial charge is 0.277 e. The van der Waals surface area contributed by atoms with Crippen molar-refractivity contribution in [2.24, 2.45) is 0 Å². The third-order valence-electron chi connectivity index (χ3n) is 3.59. The predicted molar refractivity (Wildman–Crippen MR) is 101 cm³/mol. The van der Waals surface area contributed by atoms with Crippen LogP contribution >= 0.6 is 11.8 Å². The van der Waals surface area contributed by atoms with Gasteiger partial charge in [-0.3, -0.25) is 4.79 Å². The molecule has 3 aromatic rings. The van der Waals surface area contributed by atoms with Gasteiger partial charge < -0.3 is 14.5 Å². The summed E-state index contributed by atoms with van der Waals surface area (Å²) in [5.74, 6) is 0.160. The third-order valence-corrected chi connectivity index (χ3v) is 4.52. The molecule has 0 spiro atoms. The second kappa shape index (κ2) is 8.68. The molecule has 1 aromatic heterocycles. The van der Waals surface area contributed by atoms with Crippen molar-refractivity contribution in [2.45, 2.75) is 24.3 Å². The van der Waals surface area contributed by atoms with E-state index in [0.29, 0.717) is 12.3 Å². The highest BCUT2D eigenvalue weighted by molar-refractivity contribution is 8.00. The molecule has 27 heavy (non-hydrogen) atoms. The van der Waals surface area contributed by atoms with Gasteiger partial charge in [0.05, 0.1) is 17.4 Å². The van der Waals surface area contributed by atoms with Crippen LogP contribution in [-0.4, -0.2) is 28.0 Å². The summed E-state index contributed by atoms with van der Waals surface area (Å²) in [6, 6.07) is 13.2. The molecule has 0 saturated carbocycles. The fraction of sp³-hybridized carbons (Fsp3) is 0.211. The van der Waals surface area contributed by atoms with Gasteiger partial charge in [0.1, 0.15) is 11.6 Å². The van der Waals surface area contributed by atoms with Crippen molar-refractivity contribution in [1.29, 1.82) is 0 Å². The van der Waals surface area contributed by atoms with E-state index in [4.69, 9.17) is 9.15 Å². The minimum atomic E-state index is -0.481. The van der Waals surface area contributed by atoms with Crippen LogP contribution in [0, 0.1) is 5.82 Å². The number of amides is 1. The lowest BCUT2D eigenvalue weighted by Gasteiger charge is -2.10. The zero-order valence-electron chi connectivity index (χ0n) is 14.8. The van der Waals surface area contributed by atoms with Crippen LogP contribution in [0.2, 0.25) is 0 Å². The monoisotopic (exact) mass is 387 g/mol. The lowest BCUT2D eigenvalue weighted by atomic mass is 10.2. The van der Waals surface area contributed by atoms with E-state index in [1.165, 1.54) is 6.07 Å². The molecule has 8 heteroatoms. The number of hydrogen-bond donors (Lipinski definition) is 1. The van der Waals surface area contributed by atoms with Crippen molar-refractivity contribution in [3.05, 3.63) is 54.3 Å². The molecule has 0 aliphatic rings. The Morgan fingerprint density at radius 3 is 2.67 bits per heavy atom. The SMILES string of the molecule is CCOc1ccc(NC(=O)[C@@H](C)Sc2nnc(-c3ccccc3F)o2)cc1. The van der Waals surface area contributed by atoms with Gasteiger partial charge in [-0.25, -0.2) is 4.39 Å². The Balaban J connectivity index is 1.61. The Hall–Kier alpha value is -2.87. The molecule has 1 amide bonds. The fourth-order valence-electron chi connectivity index (χ4n) is 2.25. The molecule has 3 rings (SSSR count). The van der Waals surface area contributed by atoms with E-state index in [9.17, 15) is 9.18 Å². The first-order valence-electron chi connectivity index (χ1n) is 8.35. The van der Waals surface area contributed by atoms with Crippen molar-refractivity contribution in [1.82, 2.24) is 10.2 Å². The van der Waals surface area contributed by atoms with E-state index in [0.717, 1.165) is 17.5 Å². The number of thioether (sulfide) groups is 1. The van der Waals surface area contributed by atoms with Crippen LogP contribution in [0.25, 0.3) is 11.5 Å². The van der Waals surface area contributed by atoms with Gasteiger partial charge in [-0.1, -0.05) is 23.9 Å². The lowest BCUT2D eigenvalue weighted by Crippen LogP contribution is -2.22. The van der Waals surface area contributed by atoms with E-state index in [-0.39, 0.29) is 22.6 Å². The maximum atomic E-state index is 13.8. The van der Waals surface area contributed by atoms with Gasteiger partial charge >= 0.3 is 0 Å². The topological polar surface area (TPSA) is 77.2 Å². The van der Waals surface area contributed by atoms with Crippen LogP contribution in [0.3, 0.4) is 0 Å². The number of ether oxygens (including phenoxy) is 1. The van der Waals surface area contributed by atoms with Crippen molar-refractivity contribution in [2.75, 3.05) is 11.9 Å². The lowest BCUT2D eigenvalue weighted by molar-refractivity contribution is -0.115. The van der Waals surface area contributed by atoms with E-state index >= 15 is 0 Å². The summed E-state index contributed by atoms with van der Waals surface area (Å²) in [5, 5.41) is 10.3. The normalized spacial score (nSPS) is 11.8. The molecule has 0 fully saturated rings. The number of carbonyl (C=O) groups excluding carboxylic acids is 1. The molecule has 1 heterocycles. The highest BCUT2D eigenvalue weighted by Gasteiger charge is 2.19. The number of halogens is 1. The number of aromatic nitrogens is 2. The Bertz CT molecular complexity index is 915. The summed E-state index contributed by atoms with van der Waals surface area (Å²) in [4.78, 5) is 12.3. The van der Waals surface area contributed by atoms with Gasteiger partial charge in [-0.05, 0) is 50.2 Å². The van der Waals surface area contributed by atoms with Crippen LogP contribution in [-0.2, 0) is 4.79 Å². The largest absolute Gasteiger partial charge is 0.494 e. The maximum absolute atomic E-state index is 13.8. The van der Waals surface area contributed by atoms with Crippen LogP contribution in [0.15, 0.2) is 58.2 Å². The van der Waals surface area contributed by atoms with Crippen molar-refractivity contribution < 1.29 is 18.3 Å². The Kier molecular flexibility index (Phi) is 6.08. The van der Waals surface area contributed by atoms with Gasteiger partial charge in [-0.15, -0.1) is 10.2 Å². The second-order valence-corrected chi connectivity index (χ2v) is 6.85. The van der Waals surface area contributed by atoms with Crippen LogP contribution < -0.4 is 10.1 Å². The van der Waals surface area contributed by atoms with E-state index < -0.39 is 11.1 Å². The van der Waals surface area contributed by atoms with Gasteiger partial charge in [0.15, 0.2) is 0 Å². The average molecular weight is 387 g/mol. The Labute approximate surface area is 160 Å². The summed E-state index contributed by atoms with van der Waals surface area (Å²) in [6.07, 6.45) is 0. The zero-order valence-corrected chi connectivity index (χ0v) is 15.6. The molecule has 0 aliphatic carbocycles. The second-order valence-electron chi connectivity index (χ2n) is 5.56. The summed E-state index contributed by atoms with van der Waals surface area (Å²) in [7, 11) is 0. The predicted octanol–water partition coefficient (Wildman–Crippen LogP) is 4.39. The van der Waals surface area contributed by atoms with Crippen molar-refractivity contribution in [3.63, 3.8) is 0 Å². The molecule has 0 unspecified atom stereocenters.